The van der Waals surface area contributed by atoms with E-state index in [4.69, 9.17) is 15.2 Å². The molecule has 0 saturated carbocycles. The number of aliphatic carboxylic acids is 1. The largest absolute Gasteiger partial charge is 0.550 e. The van der Waals surface area contributed by atoms with Crippen LogP contribution in [0.5, 0.6) is 0 Å². The van der Waals surface area contributed by atoms with E-state index in [2.05, 4.69) is 0 Å². The van der Waals surface area contributed by atoms with E-state index in [1.807, 2.05) is 57.2 Å². The van der Waals surface area contributed by atoms with Gasteiger partial charge in [0.1, 0.15) is 24.1 Å². The Morgan fingerprint density at radius 3 is 1.94 bits per heavy atom. The maximum absolute atomic E-state index is 13.2. The lowest BCUT2D eigenvalue weighted by Gasteiger charge is -2.46. The number of carboxylic acids is 1. The van der Waals surface area contributed by atoms with Gasteiger partial charge in [0.2, 0.25) is 0 Å². The van der Waals surface area contributed by atoms with Crippen LogP contribution in [-0.2, 0) is 28.7 Å². The third-order valence-electron chi connectivity index (χ3n) is 12.1. The first kappa shape index (κ1) is 57.2. The molecule has 1 aromatic carbocycles. The molecule has 2 bridgehead atoms. The molecule has 2 aliphatic rings. The molecule has 3 rings (SSSR count). The second-order valence-corrected chi connectivity index (χ2v) is 18.3. The van der Waals surface area contributed by atoms with Gasteiger partial charge in [-0.25, -0.2) is 0 Å². The summed E-state index contributed by atoms with van der Waals surface area (Å²) in [6.45, 7) is 5.61. The van der Waals surface area contributed by atoms with Gasteiger partial charge in [-0.2, -0.15) is 0 Å². The molecule has 1 fully saturated rings. The third kappa shape index (κ3) is 21.4. The van der Waals surface area contributed by atoms with Gasteiger partial charge in [-0.3, -0.25) is 19.2 Å². The first-order valence-electron chi connectivity index (χ1n) is 23.6. The van der Waals surface area contributed by atoms with Gasteiger partial charge in [0, 0.05) is 68.1 Å². The van der Waals surface area contributed by atoms with E-state index >= 15 is 0 Å². The number of hydrogen-bond acceptors (Lipinski definition) is 15. The van der Waals surface area contributed by atoms with E-state index in [9.17, 15) is 59.7 Å². The molecule has 15 heteroatoms. The number of nitrogen functional groups attached to an aromatic ring is 1. The molecular formula is C53H72NO14-. The molecular weight excluding hydrogens is 875 g/mol. The first-order chi connectivity index (χ1) is 32.3. The molecule has 12 atom stereocenters. The summed E-state index contributed by atoms with van der Waals surface area (Å²) < 4.78 is 11.6. The molecule has 0 spiro atoms. The number of rotatable bonds is 8. The fourth-order valence-electron chi connectivity index (χ4n) is 8.51. The van der Waals surface area contributed by atoms with Crippen molar-refractivity contribution in [1.29, 1.82) is 0 Å². The monoisotopic (exact) mass is 946 g/mol. The molecule has 12 unspecified atom stereocenters. The normalized spacial score (nSPS) is 33.0. The zero-order chi connectivity index (χ0) is 50.2. The van der Waals surface area contributed by atoms with Crippen LogP contribution in [0.4, 0.5) is 5.69 Å². The van der Waals surface area contributed by atoms with Crippen molar-refractivity contribution in [2.24, 2.45) is 23.7 Å². The number of carbonyl (C=O) groups excluding carboxylic acids is 5. The first-order valence-corrected chi connectivity index (χ1v) is 23.6. The highest BCUT2D eigenvalue weighted by Gasteiger charge is 2.47. The smallest absolute Gasteiger partial charge is 0.313 e. The number of Topliss-reactive ketones (excluding diaryl/α,β-unsaturated/α-hetero) is 3. The van der Waals surface area contributed by atoms with Gasteiger partial charge in [0.05, 0.1) is 42.5 Å². The number of aliphatic hydroxyl groups excluding tert-OH is 5. The van der Waals surface area contributed by atoms with Crippen LogP contribution in [0.1, 0.15) is 115 Å². The number of esters is 1. The minimum atomic E-state index is -2.18. The Morgan fingerprint density at radius 1 is 0.779 bits per heavy atom. The van der Waals surface area contributed by atoms with Crippen molar-refractivity contribution in [1.82, 2.24) is 0 Å². The number of hydrogen-bond donors (Lipinski definition) is 7. The summed E-state index contributed by atoms with van der Waals surface area (Å²) >= 11 is 0. The Kier molecular flexibility index (Phi) is 25.0. The number of cyclic esters (lactones) is 1. The molecule has 0 aromatic heterocycles. The summed E-state index contributed by atoms with van der Waals surface area (Å²) in [5, 5.41) is 76.8. The summed E-state index contributed by atoms with van der Waals surface area (Å²) in [6, 6.07) is 6.48. The van der Waals surface area contributed by atoms with Crippen LogP contribution in [0.15, 0.2) is 109 Å². The molecule has 15 nitrogen and oxygen atoms in total. The van der Waals surface area contributed by atoms with E-state index in [0.717, 1.165) is 0 Å². The van der Waals surface area contributed by atoms with Crippen molar-refractivity contribution in [2.45, 2.75) is 153 Å². The highest BCUT2D eigenvalue weighted by atomic mass is 16.6. The van der Waals surface area contributed by atoms with Crippen LogP contribution in [0.3, 0.4) is 0 Å². The number of carbonyl (C=O) groups is 5. The predicted molar refractivity (Wildman–Crippen MR) is 255 cm³/mol. The van der Waals surface area contributed by atoms with Crippen molar-refractivity contribution in [2.75, 3.05) is 5.73 Å². The van der Waals surface area contributed by atoms with E-state index in [1.54, 1.807) is 66.8 Å². The van der Waals surface area contributed by atoms with Crippen LogP contribution >= 0.6 is 0 Å². The van der Waals surface area contributed by atoms with E-state index in [1.165, 1.54) is 6.08 Å². The summed E-state index contributed by atoms with van der Waals surface area (Å²) in [4.78, 5) is 63.5. The number of ketones is 3. The topological polar surface area (TPSA) is 274 Å². The zero-order valence-electron chi connectivity index (χ0n) is 39.5. The number of nitrogens with two attached hydrogens (primary N) is 1. The van der Waals surface area contributed by atoms with Gasteiger partial charge in [0.25, 0.3) is 0 Å². The van der Waals surface area contributed by atoms with Crippen LogP contribution in [0.25, 0.3) is 0 Å². The lowest BCUT2D eigenvalue weighted by Crippen LogP contribution is -2.58. The maximum atomic E-state index is 13.2. The highest BCUT2D eigenvalue weighted by molar-refractivity contribution is 5.97. The van der Waals surface area contributed by atoms with Gasteiger partial charge < -0.3 is 55.7 Å². The standard InChI is InChI=1S/C53H73NO14/c1-35-18-14-12-10-8-6-4-5-7-9-11-13-15-19-42(57)30-48-50(52(64)65)47(62)34-53(66,68-48)33-44(59)29-41(56)22-16-20-40(55)21-17-23-43(58)31-49(63)67-51(35)37(3)28-36(2)45(60)32-46(61)38-24-26-39(54)27-25-38/h4-15,18-19,24-27,35-37,41-42,44-45,47-48,50-51,56-57,59-60,62,66H,16-17,20-23,28-34,54H2,1-3H3,(H,64,65)/p-1/b5-4-,8-6-,9-7-,12-10-,13-11-,18-14-,19-15-. The lowest BCUT2D eigenvalue weighted by atomic mass is 9.83. The molecule has 374 valence electrons. The summed E-state index contributed by atoms with van der Waals surface area (Å²) in [7, 11) is 0. The zero-order valence-corrected chi connectivity index (χ0v) is 39.5. The number of ether oxygens (including phenoxy) is 2. The summed E-state index contributed by atoms with van der Waals surface area (Å²) in [5.74, 6) is -7.78. The Morgan fingerprint density at radius 2 is 1.34 bits per heavy atom. The Hall–Kier alpha value is -5.13. The van der Waals surface area contributed by atoms with Gasteiger partial charge in [-0.15, -0.1) is 0 Å². The molecule has 1 aromatic rings. The Labute approximate surface area is 400 Å². The van der Waals surface area contributed by atoms with Crippen LogP contribution in [0.2, 0.25) is 0 Å². The predicted octanol–water partition coefficient (Wildman–Crippen LogP) is 4.65. The second-order valence-electron chi connectivity index (χ2n) is 18.3. The van der Waals surface area contributed by atoms with Crippen molar-refractivity contribution >= 4 is 35.0 Å². The number of anilines is 1. The molecule has 1 saturated heterocycles. The average Bonchev–Trinajstić information content (AvgIpc) is 3.24. The summed E-state index contributed by atoms with van der Waals surface area (Å²) in [5.41, 5.74) is 6.71. The van der Waals surface area contributed by atoms with E-state index < -0.39 is 91.4 Å². The lowest BCUT2D eigenvalue weighted by molar-refractivity contribution is -0.342. The Balaban J connectivity index is 1.72. The molecule has 0 radical (unpaired) electrons. The van der Waals surface area contributed by atoms with Crippen molar-refractivity contribution < 1.29 is 69.2 Å². The third-order valence-corrected chi connectivity index (χ3v) is 12.1. The minimum absolute atomic E-state index is 0.0304. The number of fused-ring (bicyclic) bond motifs is 2. The second kappa shape index (κ2) is 29.7. The van der Waals surface area contributed by atoms with Crippen molar-refractivity contribution in [3.05, 3.63) is 115 Å². The fourth-order valence-corrected chi connectivity index (χ4v) is 8.51. The SMILES string of the molecule is CC1\C=C/C=C\C=C/C=C\C=C/C=C\C=C/C(O)CC2OC(O)(CC(O)CC(O)CCCC(=O)CCCC(=O)CC(=O)OC1C(C)CC(C)C(O)CC(=O)c1ccc(N)cc1)CC(O)C2C(=O)[O-]. The molecule has 0 amide bonds. The van der Waals surface area contributed by atoms with Gasteiger partial charge in [-0.05, 0) is 68.2 Å². The Bertz CT molecular complexity index is 1980. The molecule has 2 heterocycles. The quantitative estimate of drug-likeness (QED) is 0.0809. The van der Waals surface area contributed by atoms with Crippen molar-refractivity contribution in [3.63, 3.8) is 0 Å². The number of benzene rings is 1. The van der Waals surface area contributed by atoms with Crippen LogP contribution in [0, 0.1) is 23.7 Å². The number of allylic oxidation sites excluding steroid dienone is 12. The maximum Gasteiger partial charge on any atom is 0.313 e. The fraction of sp³-hybridized carbons (Fsp3) is 0.528. The summed E-state index contributed by atoms with van der Waals surface area (Å²) in [6.07, 6.45) is 15.1. The average molecular weight is 947 g/mol. The van der Waals surface area contributed by atoms with Gasteiger partial charge in [0.15, 0.2) is 11.6 Å². The van der Waals surface area contributed by atoms with Crippen LogP contribution < -0.4 is 10.8 Å². The highest BCUT2D eigenvalue weighted by Crippen LogP contribution is 2.37. The molecule has 68 heavy (non-hydrogen) atoms. The van der Waals surface area contributed by atoms with Gasteiger partial charge >= 0.3 is 5.97 Å². The molecule has 8 N–H and O–H groups in total. The minimum Gasteiger partial charge on any atom is -0.550 e. The number of aliphatic hydroxyl groups is 6. The van der Waals surface area contributed by atoms with Crippen molar-refractivity contribution in [3.8, 4) is 0 Å². The molecule has 2 aliphatic heterocycles. The van der Waals surface area contributed by atoms with E-state index in [0.29, 0.717) is 17.7 Å². The number of carboxylic acid groups (broad SMARTS) is 1. The van der Waals surface area contributed by atoms with E-state index in [-0.39, 0.29) is 87.1 Å². The van der Waals surface area contributed by atoms with Crippen LogP contribution in [-0.4, -0.2) is 108 Å². The molecule has 0 aliphatic carbocycles. The van der Waals surface area contributed by atoms with Gasteiger partial charge in [-0.1, -0.05) is 106 Å².